The Kier molecular flexibility index (Phi) is 2.49. The maximum absolute atomic E-state index is 6.20. The molecule has 0 atom stereocenters. The number of fused-ring (bicyclic) bond motifs is 6. The first kappa shape index (κ1) is 13.2. The third-order valence-electron chi connectivity index (χ3n) is 4.66. The minimum atomic E-state index is 0.910. The van der Waals surface area contributed by atoms with Crippen molar-refractivity contribution < 1.29 is 4.42 Å². The molecule has 25 heavy (non-hydrogen) atoms. The molecule has 6 aromatic rings. The summed E-state index contributed by atoms with van der Waals surface area (Å²) < 4.78 is 9.63. The summed E-state index contributed by atoms with van der Waals surface area (Å²) in [5.74, 6) is 0. The number of rotatable bonds is 1. The summed E-state index contributed by atoms with van der Waals surface area (Å²) >= 11 is 1.71. The summed E-state index contributed by atoms with van der Waals surface area (Å²) in [6, 6.07) is 24.8. The quantitative estimate of drug-likeness (QED) is 0.360. The van der Waals surface area contributed by atoms with Crippen LogP contribution in [0.3, 0.4) is 0 Å². The van der Waals surface area contributed by atoms with E-state index in [1.165, 1.54) is 4.70 Å². The number of thiazole rings is 1. The summed E-state index contributed by atoms with van der Waals surface area (Å²) in [7, 11) is 0. The normalized spacial score (nSPS) is 12.0. The van der Waals surface area contributed by atoms with E-state index in [9.17, 15) is 0 Å². The van der Waals surface area contributed by atoms with Gasteiger partial charge in [-0.1, -0.05) is 47.7 Å². The average Bonchev–Trinajstić information content (AvgIpc) is 3.32. The van der Waals surface area contributed by atoms with Gasteiger partial charge in [-0.25, -0.2) is 4.98 Å². The third-order valence-corrected chi connectivity index (χ3v) is 5.68. The Morgan fingerprint density at radius 1 is 0.800 bits per heavy atom. The Balaban J connectivity index is 1.85. The molecule has 0 saturated heterocycles. The molecule has 0 unspecified atom stereocenters. The molecule has 0 spiro atoms. The number of nitrogens with zero attached hydrogens (tertiary/aromatic N) is 2. The van der Waals surface area contributed by atoms with E-state index >= 15 is 0 Å². The number of aromatic nitrogens is 2. The molecule has 0 aliphatic carbocycles. The van der Waals surface area contributed by atoms with Crippen molar-refractivity contribution in [3.8, 4) is 5.13 Å². The van der Waals surface area contributed by atoms with Gasteiger partial charge in [0.05, 0.1) is 15.7 Å². The Labute approximate surface area is 146 Å². The Morgan fingerprint density at radius 3 is 2.48 bits per heavy atom. The largest absolute Gasteiger partial charge is 0.454 e. The lowest BCUT2D eigenvalue weighted by Gasteiger charge is -2.02. The molecule has 0 saturated carbocycles. The predicted molar refractivity (Wildman–Crippen MR) is 104 cm³/mol. The zero-order chi connectivity index (χ0) is 16.4. The van der Waals surface area contributed by atoms with E-state index in [0.717, 1.165) is 43.6 Å². The van der Waals surface area contributed by atoms with Gasteiger partial charge < -0.3 is 4.42 Å². The summed E-state index contributed by atoms with van der Waals surface area (Å²) in [5, 5.41) is 3.21. The number of hydrogen-bond donors (Lipinski definition) is 0. The first-order chi connectivity index (χ1) is 12.4. The number of para-hydroxylation sites is 3. The van der Waals surface area contributed by atoms with E-state index < -0.39 is 0 Å². The van der Waals surface area contributed by atoms with E-state index in [1.807, 2.05) is 18.2 Å². The second-order valence-electron chi connectivity index (χ2n) is 6.09. The third kappa shape index (κ3) is 1.72. The van der Waals surface area contributed by atoms with E-state index in [0.29, 0.717) is 0 Å². The molecule has 3 heterocycles. The lowest BCUT2D eigenvalue weighted by molar-refractivity contribution is 0.673. The smallest absolute Gasteiger partial charge is 0.195 e. The highest BCUT2D eigenvalue weighted by atomic mass is 32.1. The molecule has 0 amide bonds. The zero-order valence-electron chi connectivity index (χ0n) is 13.1. The van der Waals surface area contributed by atoms with Gasteiger partial charge in [0.15, 0.2) is 10.7 Å². The van der Waals surface area contributed by atoms with Crippen molar-refractivity contribution in [3.05, 3.63) is 72.8 Å². The average molecular weight is 340 g/mol. The van der Waals surface area contributed by atoms with Crippen molar-refractivity contribution in [2.24, 2.45) is 0 Å². The Bertz CT molecular complexity index is 1360. The Morgan fingerprint density at radius 2 is 1.56 bits per heavy atom. The predicted octanol–water partition coefficient (Wildman–Crippen LogP) is 6.14. The lowest BCUT2D eigenvalue weighted by Crippen LogP contribution is -1.92. The second kappa shape index (κ2) is 4.71. The van der Waals surface area contributed by atoms with Crippen molar-refractivity contribution in [1.29, 1.82) is 0 Å². The van der Waals surface area contributed by atoms with Crippen LogP contribution in [0.2, 0.25) is 0 Å². The van der Waals surface area contributed by atoms with E-state index in [4.69, 9.17) is 9.40 Å². The molecule has 4 heteroatoms. The second-order valence-corrected chi connectivity index (χ2v) is 7.10. The van der Waals surface area contributed by atoms with Gasteiger partial charge in [0, 0.05) is 10.8 Å². The highest BCUT2D eigenvalue weighted by Crippen LogP contribution is 2.39. The highest BCUT2D eigenvalue weighted by Gasteiger charge is 2.20. The molecule has 6 rings (SSSR count). The maximum Gasteiger partial charge on any atom is 0.195 e. The molecule has 0 aliphatic rings. The lowest BCUT2D eigenvalue weighted by atomic mass is 10.2. The van der Waals surface area contributed by atoms with Gasteiger partial charge >= 0.3 is 0 Å². The molecule has 0 fully saturated rings. The van der Waals surface area contributed by atoms with Gasteiger partial charge in [-0.2, -0.15) is 0 Å². The van der Waals surface area contributed by atoms with Gasteiger partial charge in [0.1, 0.15) is 11.1 Å². The summed E-state index contributed by atoms with van der Waals surface area (Å²) in [6.07, 6.45) is 0. The standard InChI is InChI=1S/C21H12N2OS/c1-4-10-16-13(7-1)20-19(14-8-2-5-11-17(14)24-20)23(16)21-22-15-9-3-6-12-18(15)25-21/h1-12H. The van der Waals surface area contributed by atoms with E-state index in [2.05, 4.69) is 59.2 Å². The highest BCUT2D eigenvalue weighted by molar-refractivity contribution is 7.20. The van der Waals surface area contributed by atoms with Crippen molar-refractivity contribution in [1.82, 2.24) is 9.55 Å². The van der Waals surface area contributed by atoms with Crippen molar-refractivity contribution in [2.45, 2.75) is 0 Å². The van der Waals surface area contributed by atoms with Gasteiger partial charge in [-0.15, -0.1) is 0 Å². The SMILES string of the molecule is c1ccc2sc(-n3c4ccccc4c4oc5ccccc5c43)nc2c1. The molecule has 0 bridgehead atoms. The minimum absolute atomic E-state index is 0.910. The summed E-state index contributed by atoms with van der Waals surface area (Å²) in [6.45, 7) is 0. The van der Waals surface area contributed by atoms with Gasteiger partial charge in [-0.3, -0.25) is 4.57 Å². The molecule has 3 aromatic heterocycles. The van der Waals surface area contributed by atoms with Crippen LogP contribution >= 0.6 is 11.3 Å². The molecule has 0 radical (unpaired) electrons. The summed E-state index contributed by atoms with van der Waals surface area (Å²) in [5.41, 5.74) is 5.09. The van der Waals surface area contributed by atoms with Crippen LogP contribution in [-0.2, 0) is 0 Å². The monoisotopic (exact) mass is 340 g/mol. The maximum atomic E-state index is 6.20. The van der Waals surface area contributed by atoms with Crippen LogP contribution in [0.15, 0.2) is 77.2 Å². The first-order valence-corrected chi connectivity index (χ1v) is 8.98. The number of hydrogen-bond acceptors (Lipinski definition) is 3. The van der Waals surface area contributed by atoms with Crippen molar-refractivity contribution >= 4 is 54.5 Å². The fraction of sp³-hybridized carbons (Fsp3) is 0. The van der Waals surface area contributed by atoms with E-state index in [1.54, 1.807) is 11.3 Å². The van der Waals surface area contributed by atoms with Crippen LogP contribution in [-0.4, -0.2) is 9.55 Å². The number of furan rings is 1. The Hall–Kier alpha value is -3.11. The summed E-state index contributed by atoms with van der Waals surface area (Å²) in [4.78, 5) is 4.88. The zero-order valence-corrected chi connectivity index (χ0v) is 14.0. The minimum Gasteiger partial charge on any atom is -0.454 e. The van der Waals surface area contributed by atoms with Crippen LogP contribution in [0.25, 0.3) is 48.3 Å². The molecule has 0 N–H and O–H groups in total. The topological polar surface area (TPSA) is 31.0 Å². The van der Waals surface area contributed by atoms with Crippen LogP contribution in [0.4, 0.5) is 0 Å². The molecular weight excluding hydrogens is 328 g/mol. The van der Waals surface area contributed by atoms with Crippen molar-refractivity contribution in [3.63, 3.8) is 0 Å². The fourth-order valence-electron chi connectivity index (χ4n) is 3.57. The van der Waals surface area contributed by atoms with Crippen LogP contribution in [0, 0.1) is 0 Å². The molecule has 3 aromatic carbocycles. The van der Waals surface area contributed by atoms with Crippen LogP contribution in [0.1, 0.15) is 0 Å². The van der Waals surface area contributed by atoms with Gasteiger partial charge in [0.2, 0.25) is 0 Å². The molecule has 0 aliphatic heterocycles. The molecular formula is C21H12N2OS. The fourth-order valence-corrected chi connectivity index (χ4v) is 4.56. The van der Waals surface area contributed by atoms with Crippen LogP contribution in [0.5, 0.6) is 0 Å². The van der Waals surface area contributed by atoms with Crippen LogP contribution < -0.4 is 0 Å². The number of benzene rings is 3. The molecule has 118 valence electrons. The first-order valence-electron chi connectivity index (χ1n) is 8.17. The van der Waals surface area contributed by atoms with Gasteiger partial charge in [-0.05, 0) is 36.4 Å². The molecule has 3 nitrogen and oxygen atoms in total. The van der Waals surface area contributed by atoms with E-state index in [-0.39, 0.29) is 0 Å². The van der Waals surface area contributed by atoms with Gasteiger partial charge in [0.25, 0.3) is 0 Å². The van der Waals surface area contributed by atoms with Crippen molar-refractivity contribution in [2.75, 3.05) is 0 Å².